The molecule has 4 rings (SSSR count). The second-order valence-electron chi connectivity index (χ2n) is 5.07. The van der Waals surface area contributed by atoms with Crippen LogP contribution < -0.4 is 5.32 Å². The Morgan fingerprint density at radius 3 is 2.59 bits per heavy atom. The molecule has 22 heavy (non-hydrogen) atoms. The van der Waals surface area contributed by atoms with Gasteiger partial charge in [-0.1, -0.05) is 36.4 Å². The predicted octanol–water partition coefficient (Wildman–Crippen LogP) is 4.25. The molecule has 0 aliphatic carbocycles. The summed E-state index contributed by atoms with van der Waals surface area (Å²) < 4.78 is 0. The molecule has 0 bridgehead atoms. The van der Waals surface area contributed by atoms with Crippen molar-refractivity contribution in [2.24, 2.45) is 4.99 Å². The highest BCUT2D eigenvalue weighted by Crippen LogP contribution is 2.36. The maximum atomic E-state index is 10.9. The van der Waals surface area contributed by atoms with Crippen molar-refractivity contribution >= 4 is 33.7 Å². The first kappa shape index (κ1) is 12.5. The summed E-state index contributed by atoms with van der Waals surface area (Å²) in [5, 5.41) is 16.4. The van der Waals surface area contributed by atoms with Gasteiger partial charge in [0.05, 0.1) is 10.6 Å². The van der Waals surface area contributed by atoms with Gasteiger partial charge in [-0.25, -0.2) is 4.99 Å². The summed E-state index contributed by atoms with van der Waals surface area (Å²) in [5.74, 6) is 0.620. The molecule has 106 valence electrons. The molecule has 0 fully saturated rings. The molecule has 0 aromatic heterocycles. The van der Waals surface area contributed by atoms with Crippen LogP contribution in [0.1, 0.15) is 5.56 Å². The molecule has 1 N–H and O–H groups in total. The Balaban J connectivity index is 1.89. The molecular formula is C17H11N3O2. The number of hydrogen-bond donors (Lipinski definition) is 1. The summed E-state index contributed by atoms with van der Waals surface area (Å²) in [6, 6.07) is 18.4. The van der Waals surface area contributed by atoms with Crippen LogP contribution in [-0.2, 0) is 0 Å². The zero-order valence-electron chi connectivity index (χ0n) is 11.5. The van der Waals surface area contributed by atoms with E-state index in [2.05, 4.69) is 10.3 Å². The third-order valence-corrected chi connectivity index (χ3v) is 3.70. The predicted molar refractivity (Wildman–Crippen MR) is 86.9 cm³/mol. The van der Waals surface area contributed by atoms with E-state index in [4.69, 9.17) is 0 Å². The maximum Gasteiger partial charge on any atom is 0.270 e. The molecule has 0 saturated carbocycles. The third-order valence-electron chi connectivity index (χ3n) is 3.70. The molecule has 1 aliphatic rings. The van der Waals surface area contributed by atoms with E-state index in [0.717, 1.165) is 22.1 Å². The van der Waals surface area contributed by atoms with Gasteiger partial charge in [0.15, 0.2) is 0 Å². The number of nitro benzene ring substituents is 1. The third kappa shape index (κ3) is 1.91. The number of non-ortho nitro benzene ring substituents is 1. The fourth-order valence-corrected chi connectivity index (χ4v) is 2.70. The second kappa shape index (κ2) is 4.66. The summed E-state index contributed by atoms with van der Waals surface area (Å²) >= 11 is 0. The highest BCUT2D eigenvalue weighted by atomic mass is 16.6. The van der Waals surface area contributed by atoms with E-state index in [1.807, 2.05) is 42.5 Å². The Kier molecular flexibility index (Phi) is 2.66. The quantitative estimate of drug-likeness (QED) is 0.566. The minimum Gasteiger partial charge on any atom is -0.339 e. The highest BCUT2D eigenvalue weighted by Gasteiger charge is 2.17. The van der Waals surface area contributed by atoms with Gasteiger partial charge in [0.2, 0.25) is 0 Å². The van der Waals surface area contributed by atoms with Crippen molar-refractivity contribution in [2.45, 2.75) is 0 Å². The summed E-state index contributed by atoms with van der Waals surface area (Å²) in [6.07, 6.45) is 0. The number of benzene rings is 3. The Morgan fingerprint density at radius 1 is 1.00 bits per heavy atom. The average molecular weight is 289 g/mol. The fourth-order valence-electron chi connectivity index (χ4n) is 2.70. The first-order valence-corrected chi connectivity index (χ1v) is 6.85. The number of rotatable bonds is 2. The molecule has 0 saturated heterocycles. The zero-order chi connectivity index (χ0) is 15.1. The summed E-state index contributed by atoms with van der Waals surface area (Å²) in [6.45, 7) is 0. The largest absolute Gasteiger partial charge is 0.339 e. The Bertz CT molecular complexity index is 942. The number of anilines is 1. The smallest absolute Gasteiger partial charge is 0.270 e. The van der Waals surface area contributed by atoms with Crippen molar-refractivity contribution in [3.05, 3.63) is 76.3 Å². The topological polar surface area (TPSA) is 67.5 Å². The van der Waals surface area contributed by atoms with E-state index in [0.29, 0.717) is 11.4 Å². The van der Waals surface area contributed by atoms with E-state index >= 15 is 0 Å². The number of nitro groups is 1. The molecule has 0 atom stereocenters. The lowest BCUT2D eigenvalue weighted by atomic mass is 10.0. The Morgan fingerprint density at radius 2 is 1.77 bits per heavy atom. The van der Waals surface area contributed by atoms with Crippen LogP contribution in [0.3, 0.4) is 0 Å². The van der Waals surface area contributed by atoms with Crippen molar-refractivity contribution in [3.8, 4) is 0 Å². The van der Waals surface area contributed by atoms with Crippen LogP contribution in [0.15, 0.2) is 65.7 Å². The standard InChI is InChI=1S/C17H11N3O2/c21-20(22)13-7-1-6-12(10-13)17-18-14-8-2-4-11-5-3-9-15(19-17)16(11)14/h1-10H,(H,18,19). The van der Waals surface area contributed by atoms with Gasteiger partial charge in [-0.15, -0.1) is 0 Å². The Labute approximate surface area is 126 Å². The number of hydrogen-bond acceptors (Lipinski definition) is 4. The average Bonchev–Trinajstić information content (AvgIpc) is 2.55. The molecule has 0 spiro atoms. The fraction of sp³-hybridized carbons (Fsp3) is 0. The molecule has 3 aromatic carbocycles. The van der Waals surface area contributed by atoms with Crippen molar-refractivity contribution < 1.29 is 4.92 Å². The first-order chi connectivity index (χ1) is 10.7. The van der Waals surface area contributed by atoms with Crippen LogP contribution in [-0.4, -0.2) is 10.8 Å². The van der Waals surface area contributed by atoms with Gasteiger partial charge in [0.1, 0.15) is 5.84 Å². The molecule has 5 nitrogen and oxygen atoms in total. The van der Waals surface area contributed by atoms with Crippen molar-refractivity contribution in [2.75, 3.05) is 5.32 Å². The minimum absolute atomic E-state index is 0.0547. The van der Waals surface area contributed by atoms with E-state index in [1.54, 1.807) is 6.07 Å². The molecule has 1 heterocycles. The molecule has 5 heteroatoms. The van der Waals surface area contributed by atoms with Gasteiger partial charge in [0.25, 0.3) is 5.69 Å². The van der Waals surface area contributed by atoms with E-state index in [-0.39, 0.29) is 5.69 Å². The molecular weight excluding hydrogens is 278 g/mol. The van der Waals surface area contributed by atoms with Crippen LogP contribution in [0.25, 0.3) is 10.8 Å². The monoisotopic (exact) mass is 289 g/mol. The van der Waals surface area contributed by atoms with Gasteiger partial charge in [-0.3, -0.25) is 10.1 Å². The lowest BCUT2D eigenvalue weighted by Crippen LogP contribution is -2.16. The highest BCUT2D eigenvalue weighted by molar-refractivity contribution is 6.19. The molecule has 3 aromatic rings. The van der Waals surface area contributed by atoms with Gasteiger partial charge in [-0.2, -0.15) is 0 Å². The first-order valence-electron chi connectivity index (χ1n) is 6.85. The number of nitrogens with one attached hydrogen (secondary N) is 1. The van der Waals surface area contributed by atoms with Crippen LogP contribution in [0.5, 0.6) is 0 Å². The van der Waals surface area contributed by atoms with Crippen molar-refractivity contribution in [1.82, 2.24) is 0 Å². The van der Waals surface area contributed by atoms with Gasteiger partial charge in [0, 0.05) is 28.8 Å². The molecule has 0 amide bonds. The van der Waals surface area contributed by atoms with Crippen molar-refractivity contribution in [1.29, 1.82) is 0 Å². The van der Waals surface area contributed by atoms with E-state index in [9.17, 15) is 10.1 Å². The Hall–Kier alpha value is -3.21. The van der Waals surface area contributed by atoms with E-state index in [1.165, 1.54) is 12.1 Å². The van der Waals surface area contributed by atoms with Crippen LogP contribution >= 0.6 is 0 Å². The normalized spacial score (nSPS) is 12.6. The minimum atomic E-state index is -0.401. The zero-order valence-corrected chi connectivity index (χ0v) is 11.5. The second-order valence-corrected chi connectivity index (χ2v) is 5.07. The molecule has 0 radical (unpaired) electrons. The lowest BCUT2D eigenvalue weighted by molar-refractivity contribution is -0.384. The van der Waals surface area contributed by atoms with E-state index < -0.39 is 4.92 Å². The van der Waals surface area contributed by atoms with Gasteiger partial charge < -0.3 is 5.32 Å². The maximum absolute atomic E-state index is 10.9. The summed E-state index contributed by atoms with van der Waals surface area (Å²) in [7, 11) is 0. The molecule has 1 aliphatic heterocycles. The van der Waals surface area contributed by atoms with Crippen LogP contribution in [0.2, 0.25) is 0 Å². The lowest BCUT2D eigenvalue weighted by Gasteiger charge is -2.19. The van der Waals surface area contributed by atoms with Crippen LogP contribution in [0, 0.1) is 10.1 Å². The van der Waals surface area contributed by atoms with Gasteiger partial charge in [-0.05, 0) is 17.5 Å². The molecule has 0 unspecified atom stereocenters. The number of nitrogens with zero attached hydrogens (tertiary/aromatic N) is 2. The summed E-state index contributed by atoms with van der Waals surface area (Å²) in [4.78, 5) is 15.1. The number of aliphatic imine (C=N–C) groups is 1. The SMILES string of the molecule is O=[N+]([O-])c1cccc(C2=Nc3cccc4cccc(c34)N2)c1. The van der Waals surface area contributed by atoms with Crippen LogP contribution in [0.4, 0.5) is 17.1 Å². The van der Waals surface area contributed by atoms with Gasteiger partial charge >= 0.3 is 0 Å². The number of amidine groups is 1. The summed E-state index contributed by atoms with van der Waals surface area (Å²) in [5.41, 5.74) is 2.58. The van der Waals surface area contributed by atoms with Crippen molar-refractivity contribution in [3.63, 3.8) is 0 Å².